The van der Waals surface area contributed by atoms with Crippen LogP contribution in [0.25, 0.3) is 10.8 Å². The van der Waals surface area contributed by atoms with Gasteiger partial charge in [-0.25, -0.2) is 4.79 Å². The Labute approximate surface area is 157 Å². The first-order valence-corrected chi connectivity index (χ1v) is 9.10. The first kappa shape index (κ1) is 15.9. The monoisotopic (exact) mass is 354 g/mol. The number of fused-ring (bicyclic) bond motifs is 6. The van der Waals surface area contributed by atoms with E-state index in [0.717, 1.165) is 39.8 Å². The third-order valence-electron chi connectivity index (χ3n) is 5.35. The summed E-state index contributed by atoms with van der Waals surface area (Å²) in [4.78, 5) is 12.0. The van der Waals surface area contributed by atoms with Gasteiger partial charge in [-0.3, -0.25) is 0 Å². The number of esters is 1. The molecule has 2 atom stereocenters. The fraction of sp³-hybridized carbons (Fsp3) is 0.125. The van der Waals surface area contributed by atoms with Gasteiger partial charge in [-0.1, -0.05) is 61.2 Å². The third-order valence-corrected chi connectivity index (χ3v) is 5.35. The zero-order valence-electron chi connectivity index (χ0n) is 14.7. The summed E-state index contributed by atoms with van der Waals surface area (Å²) in [7, 11) is 0. The minimum Gasteiger partial charge on any atom is -0.456 e. The highest BCUT2D eigenvalue weighted by Crippen LogP contribution is 2.58. The lowest BCUT2D eigenvalue weighted by Crippen LogP contribution is -2.09. The van der Waals surface area contributed by atoms with E-state index in [2.05, 4.69) is 18.7 Å². The molecule has 0 saturated heterocycles. The average molecular weight is 354 g/mol. The number of carbonyl (C=O) groups is 1. The van der Waals surface area contributed by atoms with Gasteiger partial charge < -0.3 is 9.47 Å². The summed E-state index contributed by atoms with van der Waals surface area (Å²) in [5, 5.41) is 1.84. The molecule has 3 aromatic carbocycles. The minimum atomic E-state index is -0.439. The maximum atomic E-state index is 12.0. The number of carbonyl (C=O) groups excluding carboxylic acids is 1. The Hall–Kier alpha value is -3.33. The number of para-hydroxylation sites is 1. The van der Waals surface area contributed by atoms with Crippen LogP contribution >= 0.6 is 0 Å². The second-order valence-corrected chi connectivity index (χ2v) is 6.91. The molecule has 0 fully saturated rings. The highest BCUT2D eigenvalue weighted by molar-refractivity contribution is 5.99. The number of hydrogen-bond donors (Lipinski definition) is 0. The summed E-state index contributed by atoms with van der Waals surface area (Å²) in [6, 6.07) is 17.7. The fourth-order valence-electron chi connectivity index (χ4n) is 4.25. The van der Waals surface area contributed by atoms with Crippen molar-refractivity contribution in [1.29, 1.82) is 0 Å². The number of benzene rings is 3. The van der Waals surface area contributed by atoms with E-state index in [-0.39, 0.29) is 11.8 Å². The molecule has 0 aliphatic heterocycles. The van der Waals surface area contributed by atoms with E-state index >= 15 is 0 Å². The summed E-state index contributed by atoms with van der Waals surface area (Å²) in [6.45, 7) is 3.54. The molecule has 27 heavy (non-hydrogen) atoms. The molecule has 0 spiro atoms. The molecule has 0 radical (unpaired) electrons. The summed E-state index contributed by atoms with van der Waals surface area (Å²) in [6.07, 6.45) is 6.64. The molecule has 2 aliphatic rings. The van der Waals surface area contributed by atoms with Gasteiger partial charge in [-0.05, 0) is 18.6 Å². The number of rotatable bonds is 4. The van der Waals surface area contributed by atoms with Gasteiger partial charge in [0.05, 0.1) is 0 Å². The van der Waals surface area contributed by atoms with Gasteiger partial charge in [0.25, 0.3) is 0 Å². The zero-order valence-corrected chi connectivity index (χ0v) is 14.7. The van der Waals surface area contributed by atoms with E-state index in [9.17, 15) is 4.79 Å². The zero-order chi connectivity index (χ0) is 18.4. The second kappa shape index (κ2) is 6.13. The van der Waals surface area contributed by atoms with Crippen LogP contribution in [-0.2, 0) is 4.79 Å². The van der Waals surface area contributed by atoms with Gasteiger partial charge in [0.1, 0.15) is 17.2 Å². The van der Waals surface area contributed by atoms with E-state index in [1.165, 1.54) is 6.08 Å². The van der Waals surface area contributed by atoms with Gasteiger partial charge >= 0.3 is 5.97 Å². The Morgan fingerprint density at radius 2 is 1.48 bits per heavy atom. The minimum absolute atomic E-state index is 0.250. The maximum absolute atomic E-state index is 12.0. The summed E-state index contributed by atoms with van der Waals surface area (Å²) in [5.41, 5.74) is 2.21. The molecule has 0 saturated carbocycles. The molecule has 2 unspecified atom stereocenters. The molecule has 0 N–H and O–H groups in total. The number of allylic oxidation sites excluding steroid dienone is 2. The molecular weight excluding hydrogens is 336 g/mol. The van der Waals surface area contributed by atoms with Gasteiger partial charge in [0.15, 0.2) is 0 Å². The fourth-order valence-corrected chi connectivity index (χ4v) is 4.25. The molecule has 3 aromatic rings. The lowest BCUT2D eigenvalue weighted by molar-refractivity contribution is -0.128. The summed E-state index contributed by atoms with van der Waals surface area (Å²) < 4.78 is 12.1. The predicted octanol–water partition coefficient (Wildman–Crippen LogP) is 5.86. The average Bonchev–Trinajstić information content (AvgIpc) is 3.33. The van der Waals surface area contributed by atoms with Crippen LogP contribution in [0.1, 0.15) is 29.4 Å². The van der Waals surface area contributed by atoms with Crippen LogP contribution in [0.5, 0.6) is 17.2 Å². The lowest BCUT2D eigenvalue weighted by atomic mass is 9.90. The molecule has 2 aliphatic carbocycles. The normalized spacial score (nSPS) is 19.1. The highest BCUT2D eigenvalue weighted by atomic mass is 16.5. The first-order valence-electron chi connectivity index (χ1n) is 9.10. The molecular formula is C24H18O3. The van der Waals surface area contributed by atoms with E-state index in [4.69, 9.17) is 9.47 Å². The van der Waals surface area contributed by atoms with E-state index in [0.29, 0.717) is 5.75 Å². The van der Waals surface area contributed by atoms with Crippen LogP contribution in [0, 0.1) is 0 Å². The topological polar surface area (TPSA) is 35.5 Å². The Morgan fingerprint density at radius 3 is 2.15 bits per heavy atom. The second-order valence-electron chi connectivity index (χ2n) is 6.91. The summed E-state index contributed by atoms with van der Waals surface area (Å²) in [5.74, 6) is 2.40. The standard InChI is InChI=1S/C24H18O3/c1-2-20(25)27-24-19-11-7-6-10-18(19)23(26-17-8-4-3-5-9-17)21-15-12-13-16(14-15)22(21)24/h2-13,15-16H,1,14H2. The van der Waals surface area contributed by atoms with Crippen LogP contribution in [0.4, 0.5) is 0 Å². The van der Waals surface area contributed by atoms with E-state index in [1.807, 2.05) is 54.6 Å². The van der Waals surface area contributed by atoms with Crippen LogP contribution in [0.3, 0.4) is 0 Å². The van der Waals surface area contributed by atoms with Gasteiger partial charge in [-0.15, -0.1) is 0 Å². The smallest absolute Gasteiger partial charge is 0.335 e. The van der Waals surface area contributed by atoms with Gasteiger partial charge in [0.2, 0.25) is 0 Å². The Balaban J connectivity index is 1.79. The number of ether oxygens (including phenoxy) is 2. The third kappa shape index (κ3) is 2.47. The van der Waals surface area contributed by atoms with Crippen molar-refractivity contribution in [2.24, 2.45) is 0 Å². The van der Waals surface area contributed by atoms with Crippen LogP contribution in [-0.4, -0.2) is 5.97 Å². The van der Waals surface area contributed by atoms with E-state index < -0.39 is 5.97 Å². The molecule has 5 rings (SSSR count). The Morgan fingerprint density at radius 1 is 0.889 bits per heavy atom. The van der Waals surface area contributed by atoms with Crippen molar-refractivity contribution < 1.29 is 14.3 Å². The molecule has 2 bridgehead atoms. The van der Waals surface area contributed by atoms with Crippen LogP contribution in [0.15, 0.2) is 79.4 Å². The summed E-state index contributed by atoms with van der Waals surface area (Å²) >= 11 is 0. The Bertz CT molecular complexity index is 1100. The molecule has 0 amide bonds. The van der Waals surface area contributed by atoms with Crippen molar-refractivity contribution in [2.75, 3.05) is 0 Å². The quantitative estimate of drug-likeness (QED) is 0.255. The largest absolute Gasteiger partial charge is 0.456 e. The molecule has 3 heteroatoms. The SMILES string of the molecule is C=CC(=O)Oc1c2c(c(Oc3ccccc3)c3ccccc13)C1C=CC2C1. The maximum Gasteiger partial charge on any atom is 0.335 e. The lowest BCUT2D eigenvalue weighted by Gasteiger charge is -2.22. The predicted molar refractivity (Wildman–Crippen MR) is 106 cm³/mol. The van der Waals surface area contributed by atoms with Gasteiger partial charge in [0, 0.05) is 39.8 Å². The van der Waals surface area contributed by atoms with Crippen LogP contribution in [0.2, 0.25) is 0 Å². The van der Waals surface area contributed by atoms with E-state index in [1.54, 1.807) is 0 Å². The molecule has 3 nitrogen and oxygen atoms in total. The van der Waals surface area contributed by atoms with Crippen molar-refractivity contribution in [2.45, 2.75) is 18.3 Å². The Kier molecular flexibility index (Phi) is 3.61. The van der Waals surface area contributed by atoms with Crippen molar-refractivity contribution in [1.82, 2.24) is 0 Å². The van der Waals surface area contributed by atoms with Crippen LogP contribution < -0.4 is 9.47 Å². The van der Waals surface area contributed by atoms with Gasteiger partial charge in [-0.2, -0.15) is 0 Å². The highest BCUT2D eigenvalue weighted by Gasteiger charge is 2.40. The van der Waals surface area contributed by atoms with Crippen molar-refractivity contribution >= 4 is 16.7 Å². The van der Waals surface area contributed by atoms with Crippen molar-refractivity contribution in [3.63, 3.8) is 0 Å². The van der Waals surface area contributed by atoms with Crippen molar-refractivity contribution in [3.05, 3.63) is 90.5 Å². The molecule has 132 valence electrons. The first-order chi connectivity index (χ1) is 13.3. The molecule has 0 heterocycles. The number of hydrogen-bond acceptors (Lipinski definition) is 3. The molecule has 0 aromatic heterocycles. The van der Waals surface area contributed by atoms with Crippen molar-refractivity contribution in [3.8, 4) is 17.2 Å².